The molecule has 0 saturated carbocycles. The summed E-state index contributed by atoms with van der Waals surface area (Å²) in [5, 5.41) is 0. The second-order valence-corrected chi connectivity index (χ2v) is 8.92. The maximum absolute atomic E-state index is 13.4. The topological polar surface area (TPSA) is 96.0 Å². The Labute approximate surface area is 167 Å². The molecule has 1 fully saturated rings. The lowest BCUT2D eigenvalue weighted by atomic mass is 10.1. The number of pyridine rings is 1. The molecule has 29 heavy (non-hydrogen) atoms. The highest BCUT2D eigenvalue weighted by molar-refractivity contribution is 7.89. The van der Waals surface area contributed by atoms with Crippen molar-refractivity contribution in [3.05, 3.63) is 76.4 Å². The minimum absolute atomic E-state index is 0.0894. The van der Waals surface area contributed by atoms with Gasteiger partial charge in [-0.1, -0.05) is 0 Å². The lowest BCUT2D eigenvalue weighted by Gasteiger charge is -2.18. The fourth-order valence-corrected chi connectivity index (χ4v) is 5.26. The highest BCUT2D eigenvalue weighted by Crippen LogP contribution is 2.31. The van der Waals surface area contributed by atoms with Crippen LogP contribution in [0.4, 0.5) is 4.39 Å². The van der Waals surface area contributed by atoms with Gasteiger partial charge in [-0.15, -0.1) is 0 Å². The van der Waals surface area contributed by atoms with E-state index in [1.54, 1.807) is 31.5 Å². The molecule has 150 valence electrons. The molecule has 1 saturated heterocycles. The van der Waals surface area contributed by atoms with Crippen LogP contribution in [0.25, 0.3) is 11.3 Å². The fourth-order valence-electron chi connectivity index (χ4n) is 3.55. The number of sulfonamides is 1. The highest BCUT2D eigenvalue weighted by Gasteiger charge is 2.35. The molecule has 1 atom stereocenters. The minimum atomic E-state index is -3.76. The monoisotopic (exact) mass is 414 g/mol. The Balaban J connectivity index is 1.62. The van der Waals surface area contributed by atoms with Crippen LogP contribution >= 0.6 is 0 Å². The molecule has 3 heterocycles. The van der Waals surface area contributed by atoms with Gasteiger partial charge in [-0.05, 0) is 49.2 Å². The van der Waals surface area contributed by atoms with Crippen LogP contribution in [-0.4, -0.2) is 40.8 Å². The Bertz CT molecular complexity index is 1210. The van der Waals surface area contributed by atoms with E-state index < -0.39 is 15.8 Å². The summed E-state index contributed by atoms with van der Waals surface area (Å²) in [6.07, 6.45) is 3.77. The zero-order valence-electron chi connectivity index (χ0n) is 15.7. The zero-order valence-corrected chi connectivity index (χ0v) is 16.5. The third-order valence-electron chi connectivity index (χ3n) is 5.03. The van der Waals surface area contributed by atoms with Gasteiger partial charge in [0.15, 0.2) is 0 Å². The summed E-state index contributed by atoms with van der Waals surface area (Å²) in [5.74, 6) is -0.256. The third-order valence-corrected chi connectivity index (χ3v) is 7.05. The third kappa shape index (κ3) is 3.83. The van der Waals surface area contributed by atoms with E-state index in [2.05, 4.69) is 15.0 Å². The Hall–Kier alpha value is -2.91. The number of aromatic amines is 1. The van der Waals surface area contributed by atoms with Crippen LogP contribution in [0.1, 0.15) is 23.7 Å². The zero-order chi connectivity index (χ0) is 20.6. The van der Waals surface area contributed by atoms with Gasteiger partial charge in [-0.3, -0.25) is 9.78 Å². The normalized spacial score (nSPS) is 17.5. The van der Waals surface area contributed by atoms with Gasteiger partial charge in [-0.2, -0.15) is 4.31 Å². The quantitative estimate of drug-likeness (QED) is 0.708. The molecule has 0 amide bonds. The van der Waals surface area contributed by atoms with Gasteiger partial charge in [0.2, 0.25) is 10.0 Å². The molecular weight excluding hydrogens is 395 g/mol. The molecule has 2 aromatic heterocycles. The Morgan fingerprint density at radius 2 is 1.93 bits per heavy atom. The number of aromatic nitrogens is 3. The first-order chi connectivity index (χ1) is 13.8. The molecule has 1 aliphatic heterocycles. The van der Waals surface area contributed by atoms with Crippen molar-refractivity contribution in [3.8, 4) is 11.3 Å². The molecule has 3 aromatic rings. The lowest BCUT2D eigenvalue weighted by molar-refractivity contribution is 0.470. The number of H-pyrrole nitrogens is 1. The van der Waals surface area contributed by atoms with E-state index in [-0.39, 0.29) is 22.9 Å². The van der Waals surface area contributed by atoms with Gasteiger partial charge in [0, 0.05) is 43.0 Å². The van der Waals surface area contributed by atoms with Gasteiger partial charge in [0.25, 0.3) is 5.56 Å². The van der Waals surface area contributed by atoms with Crippen molar-refractivity contribution in [2.24, 2.45) is 0 Å². The number of nitrogens with zero attached hydrogens (tertiary/aromatic N) is 3. The summed E-state index contributed by atoms with van der Waals surface area (Å²) in [5.41, 5.74) is 1.34. The van der Waals surface area contributed by atoms with Gasteiger partial charge in [-0.25, -0.2) is 17.8 Å². The molecular formula is C20H19FN4O3S. The van der Waals surface area contributed by atoms with Crippen LogP contribution in [0.2, 0.25) is 0 Å². The van der Waals surface area contributed by atoms with Crippen molar-refractivity contribution in [2.75, 3.05) is 13.1 Å². The molecule has 0 bridgehead atoms. The van der Waals surface area contributed by atoms with Crippen LogP contribution in [0.5, 0.6) is 0 Å². The number of hydrogen-bond acceptors (Lipinski definition) is 5. The number of aryl methyl sites for hydroxylation is 1. The molecule has 1 unspecified atom stereocenters. The largest absolute Gasteiger partial charge is 0.310 e. The molecule has 0 radical (unpaired) electrons. The van der Waals surface area contributed by atoms with E-state index in [0.717, 1.165) is 11.6 Å². The van der Waals surface area contributed by atoms with E-state index in [9.17, 15) is 17.6 Å². The molecule has 1 aliphatic rings. The molecule has 7 nitrogen and oxygen atoms in total. The lowest BCUT2D eigenvalue weighted by Crippen LogP contribution is -2.29. The molecule has 1 aromatic carbocycles. The van der Waals surface area contributed by atoms with Gasteiger partial charge in [0.05, 0.1) is 10.6 Å². The second-order valence-electron chi connectivity index (χ2n) is 7.01. The van der Waals surface area contributed by atoms with Crippen LogP contribution in [0.3, 0.4) is 0 Å². The SMILES string of the molecule is Cc1cc(F)ccc1S(=O)(=O)N1CCC(c2nc(-c3ccncc3)cc(=O)[nH]2)C1. The average Bonchev–Trinajstić information content (AvgIpc) is 3.19. The number of benzene rings is 1. The minimum Gasteiger partial charge on any atom is -0.310 e. The first-order valence-electron chi connectivity index (χ1n) is 9.12. The van der Waals surface area contributed by atoms with E-state index in [1.165, 1.54) is 22.5 Å². The Morgan fingerprint density at radius 3 is 2.66 bits per heavy atom. The van der Waals surface area contributed by atoms with Crippen LogP contribution < -0.4 is 5.56 Å². The van der Waals surface area contributed by atoms with Crippen molar-refractivity contribution in [3.63, 3.8) is 0 Å². The van der Waals surface area contributed by atoms with Gasteiger partial charge < -0.3 is 4.98 Å². The number of rotatable bonds is 4. The predicted molar refractivity (Wildman–Crippen MR) is 105 cm³/mol. The van der Waals surface area contributed by atoms with E-state index in [0.29, 0.717) is 30.0 Å². The van der Waals surface area contributed by atoms with Gasteiger partial charge >= 0.3 is 0 Å². The van der Waals surface area contributed by atoms with Crippen LogP contribution in [-0.2, 0) is 10.0 Å². The van der Waals surface area contributed by atoms with Gasteiger partial charge in [0.1, 0.15) is 11.6 Å². The summed E-state index contributed by atoms with van der Waals surface area (Å²) in [6.45, 7) is 2.07. The van der Waals surface area contributed by atoms with Crippen LogP contribution in [0.15, 0.2) is 58.5 Å². The second kappa shape index (κ2) is 7.49. The summed E-state index contributed by atoms with van der Waals surface area (Å²) in [7, 11) is -3.76. The van der Waals surface area contributed by atoms with Crippen LogP contribution in [0, 0.1) is 12.7 Å². The molecule has 1 N–H and O–H groups in total. The van der Waals surface area contributed by atoms with E-state index in [4.69, 9.17) is 0 Å². The average molecular weight is 414 g/mol. The molecule has 0 aliphatic carbocycles. The van der Waals surface area contributed by atoms with Crippen molar-refractivity contribution in [1.82, 2.24) is 19.3 Å². The Kier molecular flexibility index (Phi) is 5.01. The number of halogens is 1. The predicted octanol–water partition coefficient (Wildman–Crippen LogP) is 2.46. The van der Waals surface area contributed by atoms with Crippen molar-refractivity contribution < 1.29 is 12.8 Å². The Morgan fingerprint density at radius 1 is 1.17 bits per heavy atom. The fraction of sp³-hybridized carbons (Fsp3) is 0.250. The highest BCUT2D eigenvalue weighted by atomic mass is 32.2. The molecule has 0 spiro atoms. The summed E-state index contributed by atoms with van der Waals surface area (Å²) in [6, 6.07) is 8.56. The summed E-state index contributed by atoms with van der Waals surface area (Å²) >= 11 is 0. The van der Waals surface area contributed by atoms with Crippen molar-refractivity contribution >= 4 is 10.0 Å². The first kappa shape index (κ1) is 19.4. The van der Waals surface area contributed by atoms with Crippen molar-refractivity contribution in [1.29, 1.82) is 0 Å². The molecule has 9 heteroatoms. The first-order valence-corrected chi connectivity index (χ1v) is 10.6. The van der Waals surface area contributed by atoms with E-state index >= 15 is 0 Å². The van der Waals surface area contributed by atoms with E-state index in [1.807, 2.05) is 0 Å². The number of hydrogen-bond donors (Lipinski definition) is 1. The summed E-state index contributed by atoms with van der Waals surface area (Å²) in [4.78, 5) is 23.5. The van der Waals surface area contributed by atoms with Crippen molar-refractivity contribution in [2.45, 2.75) is 24.2 Å². The molecule has 4 rings (SSSR count). The maximum Gasteiger partial charge on any atom is 0.251 e. The smallest absolute Gasteiger partial charge is 0.251 e. The summed E-state index contributed by atoms with van der Waals surface area (Å²) < 4.78 is 40.7. The maximum atomic E-state index is 13.4. The number of nitrogens with one attached hydrogen (secondary N) is 1. The standard InChI is InChI=1S/C20H19FN4O3S/c1-13-10-16(21)2-3-18(13)29(27,28)25-9-6-15(12-25)20-23-17(11-19(26)24-20)14-4-7-22-8-5-14/h2-5,7-8,10-11,15H,6,9,12H2,1H3,(H,23,24,26).